The second kappa shape index (κ2) is 4.32. The largest absolute Gasteiger partial charge is 0.357 e. The molecule has 2 aliphatic carbocycles. The third-order valence-electron chi connectivity index (χ3n) is 4.40. The molecule has 1 N–H and O–H groups in total. The van der Waals surface area contributed by atoms with E-state index in [1.807, 2.05) is 0 Å². The van der Waals surface area contributed by atoms with Gasteiger partial charge in [-0.3, -0.25) is 0 Å². The van der Waals surface area contributed by atoms with E-state index in [2.05, 4.69) is 15.5 Å². The minimum atomic E-state index is 0.638. The van der Waals surface area contributed by atoms with Crippen LogP contribution >= 0.6 is 11.3 Å². The lowest BCUT2D eigenvalue weighted by molar-refractivity contribution is 0.188. The van der Waals surface area contributed by atoms with Crippen LogP contribution in [-0.4, -0.2) is 16.2 Å². The average molecular weight is 237 g/mol. The zero-order valence-electron chi connectivity index (χ0n) is 9.61. The highest BCUT2D eigenvalue weighted by Crippen LogP contribution is 2.49. The lowest BCUT2D eigenvalue weighted by atomic mass is 9.71. The van der Waals surface area contributed by atoms with Crippen LogP contribution in [0.4, 0.5) is 5.13 Å². The monoisotopic (exact) mass is 237 g/mol. The Labute approximate surface area is 101 Å². The van der Waals surface area contributed by atoms with Crippen molar-refractivity contribution in [1.29, 1.82) is 0 Å². The van der Waals surface area contributed by atoms with E-state index in [1.165, 1.54) is 51.4 Å². The molecule has 3 nitrogen and oxygen atoms in total. The summed E-state index contributed by atoms with van der Waals surface area (Å²) in [5, 5.41) is 12.4. The molecule has 2 fully saturated rings. The molecule has 4 heteroatoms. The topological polar surface area (TPSA) is 37.8 Å². The molecular weight excluding hydrogens is 218 g/mol. The Morgan fingerprint density at radius 3 is 2.56 bits per heavy atom. The van der Waals surface area contributed by atoms with E-state index in [0.29, 0.717) is 6.04 Å². The Hall–Kier alpha value is -0.640. The zero-order chi connectivity index (χ0) is 10.8. The van der Waals surface area contributed by atoms with Crippen LogP contribution in [0.3, 0.4) is 0 Å². The fraction of sp³-hybridized carbons (Fsp3) is 0.833. The summed E-state index contributed by atoms with van der Waals surface area (Å²) < 4.78 is 0. The summed E-state index contributed by atoms with van der Waals surface area (Å²) in [4.78, 5) is 0. The van der Waals surface area contributed by atoms with E-state index in [9.17, 15) is 0 Å². The van der Waals surface area contributed by atoms with Crippen molar-refractivity contribution in [3.05, 3.63) is 5.51 Å². The number of nitrogens with one attached hydrogen (secondary N) is 1. The van der Waals surface area contributed by atoms with Gasteiger partial charge in [0.15, 0.2) is 0 Å². The Bertz CT molecular complexity index is 320. The van der Waals surface area contributed by atoms with Crippen LogP contribution in [-0.2, 0) is 0 Å². The van der Waals surface area contributed by atoms with Gasteiger partial charge in [-0.05, 0) is 43.9 Å². The van der Waals surface area contributed by atoms with Crippen molar-refractivity contribution in [2.24, 2.45) is 5.41 Å². The molecule has 0 atom stereocenters. The highest BCUT2D eigenvalue weighted by molar-refractivity contribution is 7.13. The van der Waals surface area contributed by atoms with Gasteiger partial charge in [0, 0.05) is 6.04 Å². The molecular formula is C12H19N3S. The van der Waals surface area contributed by atoms with Crippen LogP contribution in [0.1, 0.15) is 51.4 Å². The molecule has 0 unspecified atom stereocenters. The number of hydrogen-bond acceptors (Lipinski definition) is 4. The normalized spacial score (nSPS) is 25.0. The van der Waals surface area contributed by atoms with E-state index in [4.69, 9.17) is 0 Å². The molecule has 2 aliphatic rings. The number of hydrogen-bond donors (Lipinski definition) is 1. The number of anilines is 1. The molecule has 0 amide bonds. The summed E-state index contributed by atoms with van der Waals surface area (Å²) >= 11 is 1.61. The first-order valence-electron chi connectivity index (χ1n) is 6.39. The Morgan fingerprint density at radius 1 is 1.19 bits per heavy atom. The Kier molecular flexibility index (Phi) is 2.84. The van der Waals surface area contributed by atoms with Crippen molar-refractivity contribution in [3.63, 3.8) is 0 Å². The molecule has 0 bridgehead atoms. The van der Waals surface area contributed by atoms with E-state index in [1.54, 1.807) is 16.8 Å². The van der Waals surface area contributed by atoms with Gasteiger partial charge in [-0.15, -0.1) is 10.2 Å². The van der Waals surface area contributed by atoms with Gasteiger partial charge in [0.05, 0.1) is 0 Å². The molecule has 3 rings (SSSR count). The van der Waals surface area contributed by atoms with Crippen LogP contribution in [0.2, 0.25) is 0 Å². The third-order valence-corrected chi connectivity index (χ3v) is 5.02. The Morgan fingerprint density at radius 2 is 1.94 bits per heavy atom. The second-order valence-electron chi connectivity index (χ2n) is 5.37. The van der Waals surface area contributed by atoms with Crippen molar-refractivity contribution in [1.82, 2.24) is 10.2 Å². The first-order chi connectivity index (χ1) is 7.86. The van der Waals surface area contributed by atoms with Crippen molar-refractivity contribution >= 4 is 16.5 Å². The molecule has 0 aliphatic heterocycles. The van der Waals surface area contributed by atoms with Gasteiger partial charge in [0.2, 0.25) is 5.13 Å². The van der Waals surface area contributed by atoms with Crippen molar-refractivity contribution in [2.75, 3.05) is 5.32 Å². The van der Waals surface area contributed by atoms with Crippen molar-refractivity contribution < 1.29 is 0 Å². The summed E-state index contributed by atoms with van der Waals surface area (Å²) in [7, 11) is 0. The van der Waals surface area contributed by atoms with Gasteiger partial charge in [-0.25, -0.2) is 0 Å². The number of rotatable bonds is 2. The van der Waals surface area contributed by atoms with Crippen LogP contribution in [0, 0.1) is 5.41 Å². The van der Waals surface area contributed by atoms with Gasteiger partial charge in [0.1, 0.15) is 5.51 Å². The second-order valence-corrected chi connectivity index (χ2v) is 6.20. The van der Waals surface area contributed by atoms with Gasteiger partial charge in [0.25, 0.3) is 0 Å². The lowest BCUT2D eigenvalue weighted by Gasteiger charge is -2.37. The maximum absolute atomic E-state index is 4.06. The highest BCUT2D eigenvalue weighted by atomic mass is 32.1. The molecule has 16 heavy (non-hydrogen) atoms. The maximum Gasteiger partial charge on any atom is 0.205 e. The summed E-state index contributed by atoms with van der Waals surface area (Å²) in [6, 6.07) is 0.638. The minimum Gasteiger partial charge on any atom is -0.357 e. The van der Waals surface area contributed by atoms with Crippen molar-refractivity contribution in [3.8, 4) is 0 Å². The van der Waals surface area contributed by atoms with E-state index < -0.39 is 0 Å². The van der Waals surface area contributed by atoms with Crippen LogP contribution in [0.5, 0.6) is 0 Å². The molecule has 1 aromatic heterocycles. The fourth-order valence-electron chi connectivity index (χ4n) is 3.41. The van der Waals surface area contributed by atoms with Gasteiger partial charge in [-0.2, -0.15) is 0 Å². The summed E-state index contributed by atoms with van der Waals surface area (Å²) in [6.45, 7) is 0. The summed E-state index contributed by atoms with van der Waals surface area (Å²) in [5.41, 5.74) is 2.53. The average Bonchev–Trinajstić information content (AvgIpc) is 2.94. The molecule has 0 radical (unpaired) electrons. The quantitative estimate of drug-likeness (QED) is 0.856. The molecule has 0 aromatic carbocycles. The van der Waals surface area contributed by atoms with E-state index >= 15 is 0 Å². The highest BCUT2D eigenvalue weighted by Gasteiger charge is 2.37. The van der Waals surface area contributed by atoms with Gasteiger partial charge in [-0.1, -0.05) is 24.2 Å². The standard InChI is InChI=1S/C12H19N3S/c1-2-6-12(5-1)7-3-10(4-8-12)14-11-15-13-9-16-11/h9-10H,1-8H2,(H,14,15). The van der Waals surface area contributed by atoms with Crippen LogP contribution in [0.15, 0.2) is 5.51 Å². The smallest absolute Gasteiger partial charge is 0.205 e. The predicted octanol–water partition coefficient (Wildman–Crippen LogP) is 3.45. The zero-order valence-corrected chi connectivity index (χ0v) is 10.4. The van der Waals surface area contributed by atoms with E-state index in [-0.39, 0.29) is 0 Å². The first kappa shape index (κ1) is 10.5. The summed E-state index contributed by atoms with van der Waals surface area (Å²) in [6.07, 6.45) is 11.4. The minimum absolute atomic E-state index is 0.638. The Balaban J connectivity index is 1.54. The van der Waals surface area contributed by atoms with Gasteiger partial charge < -0.3 is 5.32 Å². The number of aromatic nitrogens is 2. The summed E-state index contributed by atoms with van der Waals surface area (Å²) in [5.74, 6) is 0. The predicted molar refractivity (Wildman–Crippen MR) is 66.7 cm³/mol. The molecule has 1 heterocycles. The molecule has 0 saturated heterocycles. The van der Waals surface area contributed by atoms with E-state index in [0.717, 1.165) is 10.5 Å². The van der Waals surface area contributed by atoms with Gasteiger partial charge >= 0.3 is 0 Å². The van der Waals surface area contributed by atoms with Crippen LogP contribution in [0.25, 0.3) is 0 Å². The maximum atomic E-state index is 4.06. The fourth-order valence-corrected chi connectivity index (χ4v) is 3.93. The molecule has 1 aromatic rings. The first-order valence-corrected chi connectivity index (χ1v) is 7.27. The lowest BCUT2D eigenvalue weighted by Crippen LogP contribution is -2.31. The third kappa shape index (κ3) is 2.08. The molecule has 88 valence electrons. The SMILES string of the molecule is c1nnc(NC2CCC3(CCCC3)CC2)s1. The van der Waals surface area contributed by atoms with Crippen LogP contribution < -0.4 is 5.32 Å². The molecule has 2 saturated carbocycles. The molecule has 1 spiro atoms. The number of nitrogens with zero attached hydrogens (tertiary/aromatic N) is 2. The van der Waals surface area contributed by atoms with Crippen molar-refractivity contribution in [2.45, 2.75) is 57.4 Å².